The van der Waals surface area contributed by atoms with Crippen LogP contribution in [0.2, 0.25) is 0 Å². The number of nitrogens with two attached hydrogens (primary N) is 1. The summed E-state index contributed by atoms with van der Waals surface area (Å²) in [6, 6.07) is 5.87. The third kappa shape index (κ3) is 5.25. The monoisotopic (exact) mass is 572 g/mol. The van der Waals surface area contributed by atoms with Crippen LogP contribution >= 0.6 is 11.3 Å². The fraction of sp³-hybridized carbons (Fsp3) is 0.304. The maximum Gasteiger partial charge on any atom is 0.347 e. The first kappa shape index (κ1) is 26.5. The number of nitrogens with zero attached hydrogens (tertiary/aromatic N) is 6. The van der Waals surface area contributed by atoms with E-state index in [2.05, 4.69) is 20.3 Å². The third-order valence-corrected chi connectivity index (χ3v) is 8.40. The van der Waals surface area contributed by atoms with Gasteiger partial charge in [0.25, 0.3) is 0 Å². The van der Waals surface area contributed by atoms with Crippen molar-refractivity contribution in [2.24, 2.45) is 5.14 Å². The van der Waals surface area contributed by atoms with Gasteiger partial charge in [0, 0.05) is 25.7 Å². The van der Waals surface area contributed by atoms with E-state index in [1.807, 2.05) is 0 Å². The summed E-state index contributed by atoms with van der Waals surface area (Å²) < 4.78 is 23.2. The first-order valence-corrected chi connectivity index (χ1v) is 14.1. The number of aryl methyl sites for hydroxylation is 1. The molecule has 5 rings (SSSR count). The number of nitrogens with one attached hydrogen (secondary N) is 1. The number of rotatable bonds is 7. The molecule has 0 bridgehead atoms. The van der Waals surface area contributed by atoms with Gasteiger partial charge in [0.2, 0.25) is 27.8 Å². The molecule has 2 amide bonds. The number of aromatic carboxylic acids is 1. The highest BCUT2D eigenvalue weighted by atomic mass is 32.2. The molecule has 2 aliphatic rings. The molecule has 0 spiro atoms. The molecular formula is C23H24N8O6S2. The molecule has 2 aliphatic heterocycles. The zero-order valence-electron chi connectivity index (χ0n) is 20.9. The van der Waals surface area contributed by atoms with Crippen molar-refractivity contribution < 1.29 is 27.9 Å². The molecule has 1 aromatic carbocycles. The number of thiazole rings is 1. The number of amides is 2. The Kier molecular flexibility index (Phi) is 6.69. The van der Waals surface area contributed by atoms with Crippen molar-refractivity contribution in [3.8, 4) is 0 Å². The number of carbonyl (C=O) groups is 3. The molecule has 0 atom stereocenters. The second-order valence-electron chi connectivity index (χ2n) is 9.12. The molecule has 16 heteroatoms. The molecule has 1 fully saturated rings. The number of carboxylic acids is 1. The predicted molar refractivity (Wildman–Crippen MR) is 142 cm³/mol. The Morgan fingerprint density at radius 1 is 1.10 bits per heavy atom. The molecule has 4 N–H and O–H groups in total. The Labute approximate surface area is 227 Å². The summed E-state index contributed by atoms with van der Waals surface area (Å²) in [5.74, 6) is -0.593. The van der Waals surface area contributed by atoms with Crippen LogP contribution in [0.5, 0.6) is 0 Å². The molecule has 3 aromatic rings. The lowest BCUT2D eigenvalue weighted by molar-refractivity contribution is -0.129. The highest BCUT2D eigenvalue weighted by Gasteiger charge is 2.36. The second-order valence-corrected chi connectivity index (χ2v) is 11.7. The Morgan fingerprint density at radius 3 is 2.41 bits per heavy atom. The highest BCUT2D eigenvalue weighted by molar-refractivity contribution is 7.89. The molecule has 39 heavy (non-hydrogen) atoms. The topological polar surface area (TPSA) is 192 Å². The van der Waals surface area contributed by atoms with E-state index >= 15 is 0 Å². The second kappa shape index (κ2) is 9.87. The molecule has 0 aliphatic carbocycles. The number of fused-ring (bicyclic) bond motifs is 1. The van der Waals surface area contributed by atoms with Crippen LogP contribution in [-0.4, -0.2) is 77.8 Å². The number of sulfonamides is 1. The van der Waals surface area contributed by atoms with Crippen molar-refractivity contribution in [3.63, 3.8) is 0 Å². The minimum absolute atomic E-state index is 0.0141. The van der Waals surface area contributed by atoms with Crippen LogP contribution in [0.25, 0.3) is 0 Å². The van der Waals surface area contributed by atoms with E-state index in [-0.39, 0.29) is 52.2 Å². The van der Waals surface area contributed by atoms with Gasteiger partial charge in [-0.3, -0.25) is 19.8 Å². The van der Waals surface area contributed by atoms with Crippen LogP contribution in [-0.2, 0) is 32.6 Å². The van der Waals surface area contributed by atoms with Crippen molar-refractivity contribution in [2.45, 2.75) is 24.8 Å². The SMILES string of the molecule is Cc1nc(Nc2nc(N3CCN(C)C(=O)C3)c3c(n2)N(Cc2ccc(S(N)(=O)=O)cc2)C(=O)C3)sc1C(=O)O. The van der Waals surface area contributed by atoms with E-state index < -0.39 is 16.0 Å². The van der Waals surface area contributed by atoms with E-state index in [4.69, 9.17) is 5.14 Å². The zero-order chi connectivity index (χ0) is 28.1. The number of primary sulfonamides is 1. The van der Waals surface area contributed by atoms with Crippen molar-refractivity contribution >= 4 is 61.9 Å². The number of hydrogen-bond acceptors (Lipinski definition) is 11. The van der Waals surface area contributed by atoms with Gasteiger partial charge in [-0.05, 0) is 24.6 Å². The van der Waals surface area contributed by atoms with Crippen LogP contribution in [0.4, 0.5) is 22.7 Å². The maximum atomic E-state index is 13.2. The van der Waals surface area contributed by atoms with Crippen molar-refractivity contribution in [1.82, 2.24) is 19.9 Å². The van der Waals surface area contributed by atoms with Gasteiger partial charge in [-0.25, -0.2) is 23.3 Å². The summed E-state index contributed by atoms with van der Waals surface area (Å²) >= 11 is 0.929. The summed E-state index contributed by atoms with van der Waals surface area (Å²) in [7, 11) is -2.15. The van der Waals surface area contributed by atoms with Crippen molar-refractivity contribution in [2.75, 3.05) is 41.8 Å². The van der Waals surface area contributed by atoms with E-state index in [1.165, 1.54) is 17.0 Å². The molecule has 0 unspecified atom stereocenters. The largest absolute Gasteiger partial charge is 0.477 e. The lowest BCUT2D eigenvalue weighted by atomic mass is 10.2. The Hall–Kier alpha value is -4.15. The minimum Gasteiger partial charge on any atom is -0.477 e. The fourth-order valence-electron chi connectivity index (χ4n) is 4.34. The molecule has 0 saturated carbocycles. The van der Waals surface area contributed by atoms with Crippen LogP contribution in [0.3, 0.4) is 0 Å². The van der Waals surface area contributed by atoms with Crippen LogP contribution in [0.1, 0.15) is 26.5 Å². The highest BCUT2D eigenvalue weighted by Crippen LogP contribution is 2.37. The number of hydrogen-bond donors (Lipinski definition) is 3. The summed E-state index contributed by atoms with van der Waals surface area (Å²) in [6.07, 6.45) is 0.0141. The summed E-state index contributed by atoms with van der Waals surface area (Å²) in [5.41, 5.74) is 1.54. The average Bonchev–Trinajstić information content (AvgIpc) is 3.39. The fourth-order valence-corrected chi connectivity index (χ4v) is 5.65. The molecule has 204 valence electrons. The van der Waals surface area contributed by atoms with Gasteiger partial charge in [-0.2, -0.15) is 9.97 Å². The lowest BCUT2D eigenvalue weighted by Gasteiger charge is -2.33. The van der Waals surface area contributed by atoms with E-state index in [0.717, 1.165) is 11.3 Å². The zero-order valence-corrected chi connectivity index (χ0v) is 22.5. The molecular weight excluding hydrogens is 548 g/mol. The summed E-state index contributed by atoms with van der Waals surface area (Å²) in [5, 5.41) is 17.8. The molecule has 2 aromatic heterocycles. The van der Waals surface area contributed by atoms with Crippen molar-refractivity contribution in [3.05, 3.63) is 46.0 Å². The quantitative estimate of drug-likeness (QED) is 0.361. The first-order valence-electron chi connectivity index (χ1n) is 11.7. The van der Waals surface area contributed by atoms with Crippen LogP contribution in [0.15, 0.2) is 29.2 Å². The van der Waals surface area contributed by atoms with Gasteiger partial charge in [0.1, 0.15) is 16.5 Å². The standard InChI is InChI=1S/C23H24N8O6S2/c1-12-18(21(34)35)38-23(25-12)28-22-26-19(30-8-7-29(2)17(33)11-30)15-9-16(32)31(20(15)27-22)10-13-3-5-14(6-4-13)39(24,36)37/h3-6H,7-11H2,1-2H3,(H,34,35)(H2,24,36,37)(H,25,26,27,28). The van der Waals surface area contributed by atoms with Gasteiger partial charge in [0.05, 0.1) is 30.1 Å². The number of likely N-dealkylation sites (N-methyl/N-ethyl adjacent to an activating group) is 1. The van der Waals surface area contributed by atoms with Crippen LogP contribution < -0.4 is 20.3 Å². The number of piperazine rings is 1. The number of anilines is 4. The first-order chi connectivity index (χ1) is 18.4. The van der Waals surface area contributed by atoms with Gasteiger partial charge < -0.3 is 14.9 Å². The smallest absolute Gasteiger partial charge is 0.347 e. The van der Waals surface area contributed by atoms with Gasteiger partial charge in [0.15, 0.2) is 5.13 Å². The molecule has 0 radical (unpaired) electrons. The van der Waals surface area contributed by atoms with Gasteiger partial charge >= 0.3 is 5.97 Å². The summed E-state index contributed by atoms with van der Waals surface area (Å²) in [4.78, 5) is 55.4. The Bertz CT molecular complexity index is 1610. The maximum absolute atomic E-state index is 13.2. The number of aromatic nitrogens is 3. The minimum atomic E-state index is -3.86. The number of carbonyl (C=O) groups excluding carboxylic acids is 2. The van der Waals surface area contributed by atoms with Crippen molar-refractivity contribution in [1.29, 1.82) is 0 Å². The third-order valence-electron chi connectivity index (χ3n) is 6.41. The molecule has 4 heterocycles. The average molecular weight is 573 g/mol. The normalized spacial score (nSPS) is 15.6. The van der Waals surface area contributed by atoms with E-state index in [9.17, 15) is 27.9 Å². The predicted octanol–water partition coefficient (Wildman–Crippen LogP) is 0.698. The van der Waals surface area contributed by atoms with E-state index in [0.29, 0.717) is 41.5 Å². The molecule has 1 saturated heterocycles. The van der Waals surface area contributed by atoms with Gasteiger partial charge in [-0.1, -0.05) is 23.5 Å². The lowest BCUT2D eigenvalue weighted by Crippen LogP contribution is -2.49. The number of carboxylic acid groups (broad SMARTS) is 1. The summed E-state index contributed by atoms with van der Waals surface area (Å²) in [6.45, 7) is 2.73. The number of benzene rings is 1. The van der Waals surface area contributed by atoms with Crippen LogP contribution in [0, 0.1) is 6.92 Å². The van der Waals surface area contributed by atoms with E-state index in [1.54, 1.807) is 35.9 Å². The molecule has 14 nitrogen and oxygen atoms in total. The Morgan fingerprint density at radius 2 is 1.79 bits per heavy atom. The Balaban J connectivity index is 1.53. The van der Waals surface area contributed by atoms with Gasteiger partial charge in [-0.15, -0.1) is 0 Å².